The Morgan fingerprint density at radius 2 is 2.24 bits per heavy atom. The SMILES string of the molecule is CCC(CC)NC(=O)CSc1nnc(-c2cc3c(s2)CCC(C)C3)o1. The van der Waals surface area contributed by atoms with Gasteiger partial charge >= 0.3 is 0 Å². The molecule has 0 spiro atoms. The zero-order chi connectivity index (χ0) is 17.8. The number of aryl methyl sites for hydroxylation is 1. The summed E-state index contributed by atoms with van der Waals surface area (Å²) in [5, 5.41) is 11.7. The maximum atomic E-state index is 12.0. The van der Waals surface area contributed by atoms with Crippen LogP contribution < -0.4 is 5.32 Å². The number of fused-ring (bicyclic) bond motifs is 1. The zero-order valence-electron chi connectivity index (χ0n) is 15.0. The van der Waals surface area contributed by atoms with Crippen LogP contribution in [0.3, 0.4) is 0 Å². The molecule has 0 saturated heterocycles. The van der Waals surface area contributed by atoms with Gasteiger partial charge < -0.3 is 9.73 Å². The highest BCUT2D eigenvalue weighted by Gasteiger charge is 2.21. The molecule has 1 aliphatic rings. The number of amides is 1. The molecule has 0 saturated carbocycles. The monoisotopic (exact) mass is 379 g/mol. The molecule has 1 atom stereocenters. The molecule has 0 aromatic carbocycles. The molecular formula is C18H25N3O2S2. The number of aromatic nitrogens is 2. The fourth-order valence-corrected chi connectivity index (χ4v) is 4.77. The van der Waals surface area contributed by atoms with E-state index in [1.54, 1.807) is 11.3 Å². The van der Waals surface area contributed by atoms with Crippen LogP contribution >= 0.6 is 23.1 Å². The smallest absolute Gasteiger partial charge is 0.277 e. The molecule has 1 amide bonds. The summed E-state index contributed by atoms with van der Waals surface area (Å²) in [6.07, 6.45) is 5.42. The molecule has 136 valence electrons. The van der Waals surface area contributed by atoms with Crippen molar-refractivity contribution in [1.82, 2.24) is 15.5 Å². The topological polar surface area (TPSA) is 68.0 Å². The Kier molecular flexibility index (Phi) is 6.17. The Balaban J connectivity index is 1.58. The van der Waals surface area contributed by atoms with Crippen molar-refractivity contribution in [1.29, 1.82) is 0 Å². The number of hydrogen-bond donors (Lipinski definition) is 1. The van der Waals surface area contributed by atoms with Gasteiger partial charge in [0.1, 0.15) is 0 Å². The van der Waals surface area contributed by atoms with Gasteiger partial charge in [0.05, 0.1) is 10.6 Å². The maximum absolute atomic E-state index is 12.0. The predicted molar refractivity (Wildman–Crippen MR) is 102 cm³/mol. The van der Waals surface area contributed by atoms with Gasteiger partial charge in [0, 0.05) is 10.9 Å². The first kappa shape index (κ1) is 18.5. The predicted octanol–water partition coefficient (Wildman–Crippen LogP) is 4.32. The number of nitrogens with zero attached hydrogens (tertiary/aromatic N) is 2. The summed E-state index contributed by atoms with van der Waals surface area (Å²) in [6, 6.07) is 2.43. The van der Waals surface area contributed by atoms with Gasteiger partial charge in [0.25, 0.3) is 11.1 Å². The maximum Gasteiger partial charge on any atom is 0.277 e. The summed E-state index contributed by atoms with van der Waals surface area (Å²) in [4.78, 5) is 14.5. The summed E-state index contributed by atoms with van der Waals surface area (Å²) >= 11 is 3.05. The van der Waals surface area contributed by atoms with Crippen LogP contribution in [-0.4, -0.2) is 27.9 Å². The minimum Gasteiger partial charge on any atom is -0.410 e. The van der Waals surface area contributed by atoms with Crippen molar-refractivity contribution in [2.75, 3.05) is 5.75 Å². The van der Waals surface area contributed by atoms with Crippen molar-refractivity contribution in [3.63, 3.8) is 0 Å². The lowest BCUT2D eigenvalue weighted by molar-refractivity contribution is -0.119. The molecule has 0 fully saturated rings. The Bertz CT molecular complexity index is 722. The average molecular weight is 380 g/mol. The van der Waals surface area contributed by atoms with E-state index in [9.17, 15) is 4.79 Å². The fourth-order valence-electron chi connectivity index (χ4n) is 3.07. The molecule has 0 bridgehead atoms. The van der Waals surface area contributed by atoms with Gasteiger partial charge in [0.2, 0.25) is 5.91 Å². The summed E-state index contributed by atoms with van der Waals surface area (Å²) in [5.41, 5.74) is 1.43. The molecule has 1 aliphatic carbocycles. The zero-order valence-corrected chi connectivity index (χ0v) is 16.6. The quantitative estimate of drug-likeness (QED) is 0.726. The number of carbonyl (C=O) groups is 1. The van der Waals surface area contributed by atoms with Crippen LogP contribution in [-0.2, 0) is 17.6 Å². The molecule has 3 rings (SSSR count). The van der Waals surface area contributed by atoms with E-state index in [0.717, 1.165) is 36.5 Å². The second-order valence-electron chi connectivity index (χ2n) is 6.65. The van der Waals surface area contributed by atoms with E-state index in [1.165, 1.54) is 28.6 Å². The fraction of sp³-hybridized carbons (Fsp3) is 0.611. The molecule has 0 radical (unpaired) electrons. The normalized spacial score (nSPS) is 16.9. The van der Waals surface area contributed by atoms with Crippen LogP contribution in [0.1, 0.15) is 50.5 Å². The standard InChI is InChI=1S/C18H25N3O2S2/c1-4-13(5-2)19-16(22)10-24-18-21-20-17(23-18)15-9-12-8-11(3)6-7-14(12)25-15/h9,11,13H,4-8,10H2,1-3H3,(H,19,22). The molecule has 0 aliphatic heterocycles. The van der Waals surface area contributed by atoms with Gasteiger partial charge in [-0.15, -0.1) is 21.5 Å². The van der Waals surface area contributed by atoms with Gasteiger partial charge in [-0.2, -0.15) is 0 Å². The summed E-state index contributed by atoms with van der Waals surface area (Å²) in [6.45, 7) is 6.45. The Labute approximate surface area is 157 Å². The Hall–Kier alpha value is -1.34. The first-order valence-electron chi connectivity index (χ1n) is 8.96. The van der Waals surface area contributed by atoms with E-state index >= 15 is 0 Å². The highest BCUT2D eigenvalue weighted by Crippen LogP contribution is 2.37. The van der Waals surface area contributed by atoms with Crippen molar-refractivity contribution in [2.45, 2.75) is 64.1 Å². The summed E-state index contributed by atoms with van der Waals surface area (Å²) < 4.78 is 5.75. The number of thiophene rings is 1. The minimum absolute atomic E-state index is 0.0130. The number of carbonyl (C=O) groups excluding carboxylic acids is 1. The summed E-state index contributed by atoms with van der Waals surface area (Å²) in [5.74, 6) is 1.63. The van der Waals surface area contributed by atoms with Gasteiger partial charge in [-0.25, -0.2) is 0 Å². The molecular weight excluding hydrogens is 354 g/mol. The molecule has 25 heavy (non-hydrogen) atoms. The molecule has 1 N–H and O–H groups in total. The Morgan fingerprint density at radius 3 is 3.00 bits per heavy atom. The highest BCUT2D eigenvalue weighted by atomic mass is 32.2. The van der Waals surface area contributed by atoms with Crippen LogP contribution in [0.2, 0.25) is 0 Å². The van der Waals surface area contributed by atoms with Gasteiger partial charge in [-0.1, -0.05) is 32.5 Å². The second kappa shape index (κ2) is 8.36. The van der Waals surface area contributed by atoms with E-state index in [-0.39, 0.29) is 11.9 Å². The van der Waals surface area contributed by atoms with Crippen molar-refractivity contribution < 1.29 is 9.21 Å². The van der Waals surface area contributed by atoms with Crippen LogP contribution in [0.25, 0.3) is 10.8 Å². The molecule has 5 nitrogen and oxygen atoms in total. The van der Waals surface area contributed by atoms with E-state index < -0.39 is 0 Å². The first-order chi connectivity index (χ1) is 12.1. The van der Waals surface area contributed by atoms with E-state index in [4.69, 9.17) is 4.42 Å². The lowest BCUT2D eigenvalue weighted by atomic mass is 9.90. The van der Waals surface area contributed by atoms with Crippen LogP contribution in [0.5, 0.6) is 0 Å². The minimum atomic E-state index is 0.0130. The van der Waals surface area contributed by atoms with Crippen molar-refractivity contribution in [2.24, 2.45) is 5.92 Å². The lowest BCUT2D eigenvalue weighted by Crippen LogP contribution is -2.34. The average Bonchev–Trinajstić information content (AvgIpc) is 3.23. The lowest BCUT2D eigenvalue weighted by Gasteiger charge is -2.16. The molecule has 2 aromatic rings. The van der Waals surface area contributed by atoms with Crippen molar-refractivity contribution in [3.8, 4) is 10.8 Å². The summed E-state index contributed by atoms with van der Waals surface area (Å²) in [7, 11) is 0. The van der Waals surface area contributed by atoms with E-state index in [2.05, 4.69) is 42.4 Å². The van der Waals surface area contributed by atoms with Crippen LogP contribution in [0, 0.1) is 5.92 Å². The third-order valence-corrected chi connectivity index (χ3v) is 6.67. The van der Waals surface area contributed by atoms with Gasteiger partial charge in [-0.3, -0.25) is 4.79 Å². The number of rotatable bonds is 7. The first-order valence-corrected chi connectivity index (χ1v) is 10.8. The molecule has 2 aromatic heterocycles. The second-order valence-corrected chi connectivity index (χ2v) is 8.71. The van der Waals surface area contributed by atoms with Gasteiger partial charge in [-0.05, 0) is 49.7 Å². The third-order valence-electron chi connectivity index (χ3n) is 4.62. The molecule has 2 heterocycles. The number of nitrogens with one attached hydrogen (secondary N) is 1. The van der Waals surface area contributed by atoms with Crippen LogP contribution in [0.4, 0.5) is 0 Å². The van der Waals surface area contributed by atoms with Gasteiger partial charge in [0.15, 0.2) is 0 Å². The molecule has 7 heteroatoms. The van der Waals surface area contributed by atoms with Crippen molar-refractivity contribution >= 4 is 29.0 Å². The third kappa shape index (κ3) is 4.64. The van der Waals surface area contributed by atoms with E-state index in [0.29, 0.717) is 16.9 Å². The number of thioether (sulfide) groups is 1. The largest absolute Gasteiger partial charge is 0.410 e. The van der Waals surface area contributed by atoms with Crippen LogP contribution in [0.15, 0.2) is 15.7 Å². The highest BCUT2D eigenvalue weighted by molar-refractivity contribution is 7.99. The van der Waals surface area contributed by atoms with Crippen molar-refractivity contribution in [3.05, 3.63) is 16.5 Å². The molecule has 1 unspecified atom stereocenters. The van der Waals surface area contributed by atoms with E-state index in [1.807, 2.05) is 0 Å². The number of hydrogen-bond acceptors (Lipinski definition) is 6. The Morgan fingerprint density at radius 1 is 1.44 bits per heavy atom.